The first-order valence-corrected chi connectivity index (χ1v) is 10.4. The third-order valence-corrected chi connectivity index (χ3v) is 5.16. The molecule has 0 spiro atoms. The Hall–Kier alpha value is -2.78. The zero-order valence-corrected chi connectivity index (χ0v) is 18.7. The van der Waals surface area contributed by atoms with Crippen molar-refractivity contribution in [2.75, 3.05) is 13.2 Å². The number of rotatable bonds is 7. The van der Waals surface area contributed by atoms with E-state index in [1.54, 1.807) is 6.08 Å². The fraction of sp³-hybridized carbons (Fsp3) is 0.304. The minimum absolute atomic E-state index is 0.452. The number of benzene rings is 2. The van der Waals surface area contributed by atoms with E-state index in [1.807, 2.05) is 25.1 Å². The smallest absolute Gasteiger partial charge is 0.175 e. The Morgan fingerprint density at radius 1 is 1.17 bits per heavy atom. The van der Waals surface area contributed by atoms with Gasteiger partial charge in [-0.25, -0.2) is 4.98 Å². The highest BCUT2D eigenvalue weighted by atomic mass is 79.9. The predicted molar refractivity (Wildman–Crippen MR) is 120 cm³/mol. The molecule has 0 unspecified atom stereocenters. The van der Waals surface area contributed by atoms with E-state index in [1.165, 1.54) is 11.1 Å². The van der Waals surface area contributed by atoms with Gasteiger partial charge in [-0.1, -0.05) is 6.92 Å². The lowest BCUT2D eigenvalue weighted by atomic mass is 10.1. The van der Waals surface area contributed by atoms with E-state index in [0.717, 1.165) is 27.5 Å². The molecular formula is C23H24BrN3O2. The standard InChI is InChI=1S/C23H24BrN3O2/c1-5-7-29-22-18(24)11-16(12-21(22)28-6-2)10-17(13-25)23-26-19-8-14(3)15(4)9-20(19)27-23/h8-12H,5-7H2,1-4H3,(H,26,27)/b17-10+. The highest BCUT2D eigenvalue weighted by molar-refractivity contribution is 9.10. The number of aromatic amines is 1. The van der Waals surface area contributed by atoms with Gasteiger partial charge in [0.1, 0.15) is 11.9 Å². The molecule has 0 aliphatic heterocycles. The SMILES string of the molecule is CCCOc1c(Br)cc(/C=C(\C#N)c2nc3cc(C)c(C)cc3[nH]2)cc1OCC. The van der Waals surface area contributed by atoms with Crippen LogP contribution in [0.1, 0.15) is 42.8 Å². The van der Waals surface area contributed by atoms with Crippen molar-refractivity contribution in [1.82, 2.24) is 9.97 Å². The van der Waals surface area contributed by atoms with E-state index in [4.69, 9.17) is 9.47 Å². The van der Waals surface area contributed by atoms with Crippen molar-refractivity contribution in [2.45, 2.75) is 34.1 Å². The maximum atomic E-state index is 9.74. The summed E-state index contributed by atoms with van der Waals surface area (Å²) in [6.45, 7) is 9.23. The van der Waals surface area contributed by atoms with Crippen LogP contribution in [0.4, 0.5) is 0 Å². The lowest BCUT2D eigenvalue weighted by Gasteiger charge is -2.14. The minimum atomic E-state index is 0.452. The van der Waals surface area contributed by atoms with Crippen molar-refractivity contribution in [2.24, 2.45) is 0 Å². The highest BCUT2D eigenvalue weighted by Gasteiger charge is 2.14. The molecule has 0 bridgehead atoms. The second kappa shape index (κ2) is 9.15. The Bertz CT molecular complexity index is 1070. The third-order valence-electron chi connectivity index (χ3n) is 4.57. The molecule has 5 nitrogen and oxygen atoms in total. The molecule has 3 aromatic rings. The molecule has 1 N–H and O–H groups in total. The van der Waals surface area contributed by atoms with Crippen LogP contribution in [0.5, 0.6) is 11.5 Å². The largest absolute Gasteiger partial charge is 0.490 e. The molecular weight excluding hydrogens is 430 g/mol. The molecule has 0 amide bonds. The van der Waals surface area contributed by atoms with E-state index >= 15 is 0 Å². The van der Waals surface area contributed by atoms with Gasteiger partial charge in [0.15, 0.2) is 11.5 Å². The summed E-state index contributed by atoms with van der Waals surface area (Å²) in [6.07, 6.45) is 2.71. The first kappa shape index (κ1) is 20.9. The zero-order chi connectivity index (χ0) is 21.0. The molecule has 0 saturated heterocycles. The van der Waals surface area contributed by atoms with Crippen molar-refractivity contribution < 1.29 is 9.47 Å². The van der Waals surface area contributed by atoms with Crippen molar-refractivity contribution in [1.29, 1.82) is 5.26 Å². The number of nitriles is 1. The van der Waals surface area contributed by atoms with Crippen molar-refractivity contribution in [3.63, 3.8) is 0 Å². The summed E-state index contributed by atoms with van der Waals surface area (Å²) in [7, 11) is 0. The lowest BCUT2D eigenvalue weighted by molar-refractivity contribution is 0.275. The number of hydrogen-bond donors (Lipinski definition) is 1. The fourth-order valence-electron chi connectivity index (χ4n) is 3.00. The van der Waals surface area contributed by atoms with Gasteiger partial charge in [0.25, 0.3) is 0 Å². The number of halogens is 1. The summed E-state index contributed by atoms with van der Waals surface area (Å²) in [5, 5.41) is 9.74. The van der Waals surface area contributed by atoms with Crippen LogP contribution in [0, 0.1) is 25.2 Å². The topological polar surface area (TPSA) is 70.9 Å². The van der Waals surface area contributed by atoms with Crippen molar-refractivity contribution in [3.8, 4) is 17.6 Å². The van der Waals surface area contributed by atoms with Gasteiger partial charge < -0.3 is 14.5 Å². The molecule has 0 aliphatic rings. The van der Waals surface area contributed by atoms with Crippen LogP contribution in [-0.4, -0.2) is 23.2 Å². The van der Waals surface area contributed by atoms with Crippen LogP contribution in [0.2, 0.25) is 0 Å². The second-order valence-corrected chi connectivity index (χ2v) is 7.67. The molecule has 6 heteroatoms. The third kappa shape index (κ3) is 4.63. The van der Waals surface area contributed by atoms with Crippen LogP contribution < -0.4 is 9.47 Å². The van der Waals surface area contributed by atoms with E-state index < -0.39 is 0 Å². The Balaban J connectivity index is 2.04. The summed E-state index contributed by atoms with van der Waals surface area (Å²) >= 11 is 3.57. The molecule has 2 aromatic carbocycles. The fourth-order valence-corrected chi connectivity index (χ4v) is 3.57. The van der Waals surface area contributed by atoms with Gasteiger partial charge in [-0.3, -0.25) is 0 Å². The Kier molecular flexibility index (Phi) is 6.60. The van der Waals surface area contributed by atoms with Crippen LogP contribution in [0.3, 0.4) is 0 Å². The Labute approximate surface area is 179 Å². The van der Waals surface area contributed by atoms with Crippen LogP contribution in [-0.2, 0) is 0 Å². The summed E-state index contributed by atoms with van der Waals surface area (Å²) in [5.41, 5.74) is 5.41. The number of imidazole rings is 1. The number of aryl methyl sites for hydroxylation is 2. The minimum Gasteiger partial charge on any atom is -0.490 e. The number of fused-ring (bicyclic) bond motifs is 1. The normalized spacial score (nSPS) is 11.5. The average Bonchev–Trinajstić information content (AvgIpc) is 3.08. The van der Waals surface area contributed by atoms with E-state index in [-0.39, 0.29) is 0 Å². The molecule has 1 heterocycles. The molecule has 29 heavy (non-hydrogen) atoms. The van der Waals surface area contributed by atoms with E-state index in [9.17, 15) is 5.26 Å². The van der Waals surface area contributed by atoms with Crippen LogP contribution >= 0.6 is 15.9 Å². The van der Waals surface area contributed by atoms with Crippen molar-refractivity contribution in [3.05, 3.63) is 51.3 Å². The molecule has 0 radical (unpaired) electrons. The van der Waals surface area contributed by atoms with Gasteiger partial charge >= 0.3 is 0 Å². The van der Waals surface area contributed by atoms with Gasteiger partial charge in [-0.15, -0.1) is 0 Å². The molecule has 3 rings (SSSR count). The number of nitrogens with one attached hydrogen (secondary N) is 1. The zero-order valence-electron chi connectivity index (χ0n) is 17.1. The predicted octanol–water partition coefficient (Wildman–Crippen LogP) is 6.19. The van der Waals surface area contributed by atoms with Gasteiger partial charge in [-0.2, -0.15) is 5.26 Å². The Morgan fingerprint density at radius 2 is 1.93 bits per heavy atom. The van der Waals surface area contributed by atoms with E-state index in [0.29, 0.717) is 36.1 Å². The monoisotopic (exact) mass is 453 g/mol. The first-order chi connectivity index (χ1) is 14.0. The van der Waals surface area contributed by atoms with Crippen molar-refractivity contribution >= 4 is 38.6 Å². The number of hydrogen-bond acceptors (Lipinski definition) is 4. The Morgan fingerprint density at radius 3 is 2.62 bits per heavy atom. The number of nitrogens with zero attached hydrogens (tertiary/aromatic N) is 2. The summed E-state index contributed by atoms with van der Waals surface area (Å²) in [4.78, 5) is 7.87. The highest BCUT2D eigenvalue weighted by Crippen LogP contribution is 2.38. The maximum Gasteiger partial charge on any atom is 0.175 e. The average molecular weight is 454 g/mol. The molecule has 0 saturated carbocycles. The molecule has 0 fully saturated rings. The summed E-state index contributed by atoms with van der Waals surface area (Å²) in [5.74, 6) is 1.88. The first-order valence-electron chi connectivity index (χ1n) is 9.65. The quantitative estimate of drug-likeness (QED) is 0.432. The maximum absolute atomic E-state index is 9.74. The van der Waals surface area contributed by atoms with Crippen LogP contribution in [0.15, 0.2) is 28.7 Å². The number of aromatic nitrogens is 2. The molecule has 1 aromatic heterocycles. The van der Waals surface area contributed by atoms with Gasteiger partial charge in [0.2, 0.25) is 0 Å². The number of H-pyrrole nitrogens is 1. The summed E-state index contributed by atoms with van der Waals surface area (Å²) in [6, 6.07) is 10.1. The second-order valence-electron chi connectivity index (χ2n) is 6.82. The number of ether oxygens (including phenoxy) is 2. The van der Waals surface area contributed by atoms with Gasteiger partial charge in [-0.05, 0) is 90.2 Å². The lowest BCUT2D eigenvalue weighted by Crippen LogP contribution is -2.01. The number of allylic oxidation sites excluding steroid dienone is 1. The molecule has 150 valence electrons. The van der Waals surface area contributed by atoms with Gasteiger partial charge in [0, 0.05) is 0 Å². The molecule has 0 atom stereocenters. The summed E-state index contributed by atoms with van der Waals surface area (Å²) < 4.78 is 12.4. The van der Waals surface area contributed by atoms with E-state index in [2.05, 4.69) is 58.8 Å². The van der Waals surface area contributed by atoms with Gasteiger partial charge in [0.05, 0.1) is 34.3 Å². The molecule has 0 aliphatic carbocycles. The van der Waals surface area contributed by atoms with Crippen LogP contribution in [0.25, 0.3) is 22.7 Å².